The molecular formula is C24H22ClN5O3S. The maximum atomic E-state index is 13.3. The van der Waals surface area contributed by atoms with Crippen LogP contribution in [0.5, 0.6) is 0 Å². The Balaban J connectivity index is 1.54. The number of nitrogens with one attached hydrogen (secondary N) is 1. The number of hydrogen-bond acceptors (Lipinski definition) is 7. The minimum atomic E-state index is -0.502. The van der Waals surface area contributed by atoms with Crippen molar-refractivity contribution >= 4 is 40.8 Å². The molecule has 0 saturated heterocycles. The zero-order valence-electron chi connectivity index (χ0n) is 18.6. The van der Waals surface area contributed by atoms with Gasteiger partial charge in [0, 0.05) is 40.6 Å². The lowest BCUT2D eigenvalue weighted by Crippen LogP contribution is -2.36. The van der Waals surface area contributed by atoms with E-state index < -0.39 is 11.0 Å². The lowest BCUT2D eigenvalue weighted by Gasteiger charge is -2.38. The Labute approximate surface area is 205 Å². The van der Waals surface area contributed by atoms with Crippen molar-refractivity contribution in [1.29, 1.82) is 0 Å². The highest BCUT2D eigenvalue weighted by atomic mass is 35.5. The quantitative estimate of drug-likeness (QED) is 0.271. The maximum Gasteiger partial charge on any atom is 0.269 e. The van der Waals surface area contributed by atoms with E-state index >= 15 is 0 Å². The van der Waals surface area contributed by atoms with E-state index in [2.05, 4.69) is 24.1 Å². The number of thioether (sulfide) groups is 1. The molecule has 8 nitrogen and oxygen atoms in total. The summed E-state index contributed by atoms with van der Waals surface area (Å²) in [5.41, 5.74) is 3.04. The molecule has 0 saturated carbocycles. The number of ketones is 1. The number of fused-ring (bicyclic) bond motifs is 1. The molecule has 0 fully saturated rings. The molecule has 0 unspecified atom stereocenters. The maximum absolute atomic E-state index is 13.3. The highest BCUT2D eigenvalue weighted by Crippen LogP contribution is 2.46. The smallest absolute Gasteiger partial charge is 0.269 e. The fourth-order valence-electron chi connectivity index (χ4n) is 4.49. The van der Waals surface area contributed by atoms with Crippen molar-refractivity contribution in [3.63, 3.8) is 0 Å². The number of allylic oxidation sites excluding steroid dienone is 2. The van der Waals surface area contributed by atoms with Crippen LogP contribution in [0.15, 0.2) is 65.0 Å². The van der Waals surface area contributed by atoms with Gasteiger partial charge in [-0.1, -0.05) is 55.4 Å². The Morgan fingerprint density at radius 1 is 1.21 bits per heavy atom. The molecule has 1 aliphatic carbocycles. The predicted molar refractivity (Wildman–Crippen MR) is 131 cm³/mol. The first kappa shape index (κ1) is 22.6. The second-order valence-corrected chi connectivity index (χ2v) is 10.6. The number of hydrogen-bond donors (Lipinski definition) is 1. The molecule has 1 aromatic heterocycles. The molecular weight excluding hydrogens is 474 g/mol. The number of benzene rings is 2. The van der Waals surface area contributed by atoms with Crippen molar-refractivity contribution in [2.45, 2.75) is 43.6 Å². The summed E-state index contributed by atoms with van der Waals surface area (Å²) in [6.07, 6.45) is 1.13. The fraction of sp³-hybridized carbons (Fsp3) is 0.292. The zero-order valence-corrected chi connectivity index (χ0v) is 20.2. The van der Waals surface area contributed by atoms with Crippen LogP contribution in [0.2, 0.25) is 5.02 Å². The highest BCUT2D eigenvalue weighted by Gasteiger charge is 2.42. The minimum absolute atomic E-state index is 0.00205. The number of nitro groups is 1. The van der Waals surface area contributed by atoms with Crippen LogP contribution in [0.4, 0.5) is 11.6 Å². The normalized spacial score (nSPS) is 18.8. The van der Waals surface area contributed by atoms with Gasteiger partial charge in [0.15, 0.2) is 5.78 Å². The molecule has 0 bridgehead atoms. The summed E-state index contributed by atoms with van der Waals surface area (Å²) >= 11 is 7.75. The van der Waals surface area contributed by atoms with Gasteiger partial charge in [0.1, 0.15) is 6.04 Å². The summed E-state index contributed by atoms with van der Waals surface area (Å²) in [7, 11) is 0. The van der Waals surface area contributed by atoms with Crippen molar-refractivity contribution in [3.8, 4) is 0 Å². The van der Waals surface area contributed by atoms with Gasteiger partial charge in [-0.15, -0.1) is 5.10 Å². The van der Waals surface area contributed by atoms with Gasteiger partial charge in [-0.05, 0) is 41.2 Å². The van der Waals surface area contributed by atoms with Gasteiger partial charge < -0.3 is 5.32 Å². The number of nitro benzene ring substituents is 1. The topological polar surface area (TPSA) is 103 Å². The van der Waals surface area contributed by atoms with Crippen LogP contribution in [-0.4, -0.2) is 25.5 Å². The average Bonchev–Trinajstić information content (AvgIpc) is 3.19. The van der Waals surface area contributed by atoms with E-state index in [1.54, 1.807) is 16.8 Å². The molecule has 3 aromatic rings. The third-order valence-electron chi connectivity index (χ3n) is 6.05. The molecule has 0 amide bonds. The number of rotatable bonds is 5. The Morgan fingerprint density at radius 2 is 1.94 bits per heavy atom. The van der Waals surface area contributed by atoms with Crippen LogP contribution in [0.1, 0.15) is 43.9 Å². The van der Waals surface area contributed by atoms with E-state index in [-0.39, 0.29) is 16.9 Å². The van der Waals surface area contributed by atoms with E-state index in [0.29, 0.717) is 40.3 Å². The Bertz CT molecular complexity index is 1330. The largest absolute Gasteiger partial charge is 0.328 e. The molecule has 10 heteroatoms. The number of carbonyl (C=O) groups is 1. The summed E-state index contributed by atoms with van der Waals surface area (Å²) in [4.78, 5) is 28.7. The zero-order chi connectivity index (χ0) is 24.0. The summed E-state index contributed by atoms with van der Waals surface area (Å²) in [5.74, 6) is 1.20. The van der Waals surface area contributed by atoms with E-state index in [1.165, 1.54) is 23.9 Å². The molecule has 1 atom stereocenters. The second-order valence-electron chi connectivity index (χ2n) is 9.25. The van der Waals surface area contributed by atoms with E-state index in [4.69, 9.17) is 16.7 Å². The summed E-state index contributed by atoms with van der Waals surface area (Å²) < 4.78 is 1.71. The van der Waals surface area contributed by atoms with Crippen molar-refractivity contribution in [2.75, 3.05) is 5.32 Å². The van der Waals surface area contributed by atoms with Crippen LogP contribution in [0, 0.1) is 15.5 Å². The van der Waals surface area contributed by atoms with Gasteiger partial charge in [0.25, 0.3) is 5.69 Å². The summed E-state index contributed by atoms with van der Waals surface area (Å²) in [5, 5.41) is 20.4. The molecule has 1 aliphatic heterocycles. The number of carbonyl (C=O) groups excluding carboxylic acids is 1. The van der Waals surface area contributed by atoms with Gasteiger partial charge in [0.2, 0.25) is 11.1 Å². The van der Waals surface area contributed by atoms with Gasteiger partial charge in [-0.25, -0.2) is 4.68 Å². The van der Waals surface area contributed by atoms with Crippen molar-refractivity contribution in [2.24, 2.45) is 5.41 Å². The number of Topliss-reactive ketones (excluding diaryl/α,β-unsaturated/α-hetero) is 1. The standard InChI is InChI=1S/C24H22ClN5O3S/c1-24(2)11-18-20(19(31)12-24)21(14-7-9-16(10-8-14)30(32)33)29-22(26-18)27-23(28-29)34-13-15-5-3-4-6-17(15)25/h3-10,21H,11-13H2,1-2H3,(H,26,27,28)/t21-/m0/s1. The predicted octanol–water partition coefficient (Wildman–Crippen LogP) is 5.79. The first-order valence-corrected chi connectivity index (χ1v) is 12.2. The molecule has 174 valence electrons. The third kappa shape index (κ3) is 4.21. The molecule has 0 spiro atoms. The van der Waals surface area contributed by atoms with Crippen LogP contribution in [0.3, 0.4) is 0 Å². The fourth-order valence-corrected chi connectivity index (χ4v) is 5.61. The number of aromatic nitrogens is 3. The number of non-ortho nitro benzene ring substituents is 1. The number of halogens is 1. The Hall–Kier alpha value is -3.17. The van der Waals surface area contributed by atoms with E-state index in [1.807, 2.05) is 24.3 Å². The van der Waals surface area contributed by atoms with Gasteiger partial charge in [0.05, 0.1) is 4.92 Å². The number of nitrogens with zero attached hydrogens (tertiary/aromatic N) is 4. The van der Waals surface area contributed by atoms with Gasteiger partial charge in [-0.3, -0.25) is 14.9 Å². The monoisotopic (exact) mass is 495 g/mol. The molecule has 34 heavy (non-hydrogen) atoms. The molecule has 2 heterocycles. The van der Waals surface area contributed by atoms with Crippen LogP contribution in [-0.2, 0) is 10.5 Å². The molecule has 5 rings (SSSR count). The summed E-state index contributed by atoms with van der Waals surface area (Å²) in [6, 6.07) is 13.4. The molecule has 2 aliphatic rings. The lowest BCUT2D eigenvalue weighted by molar-refractivity contribution is -0.384. The molecule has 0 radical (unpaired) electrons. The van der Waals surface area contributed by atoms with Gasteiger partial charge in [-0.2, -0.15) is 4.98 Å². The molecule has 2 aromatic carbocycles. The van der Waals surface area contributed by atoms with Crippen LogP contribution >= 0.6 is 23.4 Å². The molecule has 1 N–H and O–H groups in total. The highest BCUT2D eigenvalue weighted by molar-refractivity contribution is 7.98. The SMILES string of the molecule is CC1(C)CC(=O)C2=C(C1)Nc1nc(SCc3ccccc3Cl)nn1[C@H]2c1ccc([N+](=O)[O-])cc1. The first-order valence-electron chi connectivity index (χ1n) is 10.8. The first-order chi connectivity index (χ1) is 16.2. The van der Waals surface area contributed by atoms with E-state index in [9.17, 15) is 14.9 Å². The van der Waals surface area contributed by atoms with Crippen LogP contribution < -0.4 is 5.32 Å². The average molecular weight is 496 g/mol. The minimum Gasteiger partial charge on any atom is -0.328 e. The van der Waals surface area contributed by atoms with E-state index in [0.717, 1.165) is 16.8 Å². The Kier molecular flexibility index (Phi) is 5.69. The summed E-state index contributed by atoms with van der Waals surface area (Å²) in [6.45, 7) is 4.14. The Morgan fingerprint density at radius 3 is 2.65 bits per heavy atom. The van der Waals surface area contributed by atoms with Crippen molar-refractivity contribution in [1.82, 2.24) is 14.8 Å². The van der Waals surface area contributed by atoms with Gasteiger partial charge >= 0.3 is 0 Å². The van der Waals surface area contributed by atoms with Crippen molar-refractivity contribution < 1.29 is 9.72 Å². The second kappa shape index (κ2) is 8.56. The lowest BCUT2D eigenvalue weighted by atomic mass is 9.73. The number of anilines is 1. The van der Waals surface area contributed by atoms with Crippen molar-refractivity contribution in [3.05, 3.63) is 86.1 Å². The third-order valence-corrected chi connectivity index (χ3v) is 7.30. The van der Waals surface area contributed by atoms with Crippen LogP contribution in [0.25, 0.3) is 0 Å².